The highest BCUT2D eigenvalue weighted by Gasteiger charge is 2.01. The molecule has 0 aliphatic rings. The molecule has 1 aromatic heterocycles. The first-order valence-corrected chi connectivity index (χ1v) is 6.95. The van der Waals surface area contributed by atoms with Crippen LogP contribution in [0.4, 0.5) is 0 Å². The molecule has 0 unspecified atom stereocenters. The van der Waals surface area contributed by atoms with Gasteiger partial charge in [0.05, 0.1) is 5.69 Å². The third kappa shape index (κ3) is 3.83. The van der Waals surface area contributed by atoms with Gasteiger partial charge in [-0.15, -0.1) is 0 Å². The van der Waals surface area contributed by atoms with Crippen molar-refractivity contribution in [2.45, 2.75) is 13.0 Å². The van der Waals surface area contributed by atoms with Crippen LogP contribution in [0.5, 0.6) is 0 Å². The van der Waals surface area contributed by atoms with Crippen molar-refractivity contribution in [1.82, 2.24) is 15.1 Å². The summed E-state index contributed by atoms with van der Waals surface area (Å²) >= 11 is 9.41. The third-order valence-electron chi connectivity index (χ3n) is 2.66. The van der Waals surface area contributed by atoms with Crippen LogP contribution in [0.25, 0.3) is 0 Å². The van der Waals surface area contributed by atoms with Crippen LogP contribution >= 0.6 is 27.5 Å². The number of nitrogens with one attached hydrogen (secondary N) is 1. The molecule has 5 heteroatoms. The van der Waals surface area contributed by atoms with Gasteiger partial charge >= 0.3 is 0 Å². The maximum atomic E-state index is 5.90. The number of hydrogen-bond acceptors (Lipinski definition) is 2. The second kappa shape index (κ2) is 6.36. The highest BCUT2D eigenvalue weighted by Crippen LogP contribution is 2.21. The molecular formula is C13H15BrClN3. The molecule has 2 rings (SSSR count). The topological polar surface area (TPSA) is 29.9 Å². The van der Waals surface area contributed by atoms with Gasteiger partial charge in [0.1, 0.15) is 0 Å². The Morgan fingerprint density at radius 1 is 1.39 bits per heavy atom. The average Bonchev–Trinajstić information content (AvgIpc) is 2.73. The van der Waals surface area contributed by atoms with Gasteiger partial charge in [-0.2, -0.15) is 5.10 Å². The van der Waals surface area contributed by atoms with E-state index in [-0.39, 0.29) is 0 Å². The Labute approximate surface area is 120 Å². The van der Waals surface area contributed by atoms with Crippen LogP contribution < -0.4 is 5.32 Å². The minimum absolute atomic E-state index is 0.749. The molecule has 0 radical (unpaired) electrons. The first-order chi connectivity index (χ1) is 8.65. The number of hydrogen-bond donors (Lipinski definition) is 1. The Kier molecular flexibility index (Phi) is 4.80. The predicted octanol–water partition coefficient (Wildman–Crippen LogP) is 3.17. The summed E-state index contributed by atoms with van der Waals surface area (Å²) in [6.45, 7) is 1.73. The minimum atomic E-state index is 0.749. The normalized spacial score (nSPS) is 10.8. The Balaban J connectivity index is 1.78. The third-order valence-corrected chi connectivity index (χ3v) is 3.63. The highest BCUT2D eigenvalue weighted by molar-refractivity contribution is 9.10. The van der Waals surface area contributed by atoms with Crippen molar-refractivity contribution in [3.63, 3.8) is 0 Å². The van der Waals surface area contributed by atoms with Crippen LogP contribution in [0, 0.1) is 0 Å². The van der Waals surface area contributed by atoms with Crippen LogP contribution in [-0.4, -0.2) is 16.3 Å². The van der Waals surface area contributed by atoms with Gasteiger partial charge in [-0.1, -0.05) is 33.6 Å². The van der Waals surface area contributed by atoms with Gasteiger partial charge in [-0.05, 0) is 23.8 Å². The molecule has 0 bridgehead atoms. The summed E-state index contributed by atoms with van der Waals surface area (Å²) in [4.78, 5) is 0. The van der Waals surface area contributed by atoms with E-state index in [2.05, 4.69) is 26.3 Å². The Bertz CT molecular complexity index is 525. The minimum Gasteiger partial charge on any atom is -0.312 e. The van der Waals surface area contributed by atoms with Crippen molar-refractivity contribution in [3.8, 4) is 0 Å². The highest BCUT2D eigenvalue weighted by atomic mass is 79.9. The van der Waals surface area contributed by atoms with E-state index in [0.29, 0.717) is 0 Å². The Morgan fingerprint density at radius 3 is 2.89 bits per heavy atom. The molecule has 1 heterocycles. The van der Waals surface area contributed by atoms with Gasteiger partial charge in [0.15, 0.2) is 0 Å². The second-order valence-corrected chi connectivity index (χ2v) is 5.43. The molecule has 2 aromatic rings. The maximum Gasteiger partial charge on any atom is 0.0637 e. The summed E-state index contributed by atoms with van der Waals surface area (Å²) in [6, 6.07) is 7.89. The molecule has 1 N–H and O–H groups in total. The van der Waals surface area contributed by atoms with Crippen LogP contribution in [-0.2, 0) is 20.0 Å². The van der Waals surface area contributed by atoms with Gasteiger partial charge in [0.25, 0.3) is 0 Å². The first-order valence-electron chi connectivity index (χ1n) is 5.78. The van der Waals surface area contributed by atoms with E-state index >= 15 is 0 Å². The predicted molar refractivity (Wildman–Crippen MR) is 77.8 cm³/mol. The monoisotopic (exact) mass is 327 g/mol. The van der Waals surface area contributed by atoms with Gasteiger partial charge in [0.2, 0.25) is 0 Å². The fourth-order valence-electron chi connectivity index (χ4n) is 1.70. The lowest BCUT2D eigenvalue weighted by molar-refractivity contribution is 0.664. The number of halogens is 2. The molecule has 18 heavy (non-hydrogen) atoms. The van der Waals surface area contributed by atoms with E-state index in [1.165, 1.54) is 5.56 Å². The van der Waals surface area contributed by atoms with E-state index < -0.39 is 0 Å². The van der Waals surface area contributed by atoms with Crippen LogP contribution in [0.15, 0.2) is 34.9 Å². The van der Waals surface area contributed by atoms with Crippen molar-refractivity contribution < 1.29 is 0 Å². The molecule has 0 saturated carbocycles. The molecule has 0 atom stereocenters. The largest absolute Gasteiger partial charge is 0.312 e. The van der Waals surface area contributed by atoms with Gasteiger partial charge in [-0.3, -0.25) is 4.68 Å². The summed E-state index contributed by atoms with van der Waals surface area (Å²) in [5.41, 5.74) is 2.32. The molecular weight excluding hydrogens is 314 g/mol. The van der Waals surface area contributed by atoms with E-state index in [9.17, 15) is 0 Å². The van der Waals surface area contributed by atoms with Crippen molar-refractivity contribution in [3.05, 3.63) is 51.2 Å². The number of aromatic nitrogens is 2. The molecule has 1 aromatic carbocycles. The summed E-state index contributed by atoms with van der Waals surface area (Å²) < 4.78 is 2.87. The van der Waals surface area contributed by atoms with E-state index in [0.717, 1.165) is 34.7 Å². The van der Waals surface area contributed by atoms with Gasteiger partial charge < -0.3 is 5.32 Å². The van der Waals surface area contributed by atoms with Gasteiger partial charge in [0, 0.05) is 42.3 Å². The summed E-state index contributed by atoms with van der Waals surface area (Å²) in [5.74, 6) is 0. The molecule has 96 valence electrons. The summed E-state index contributed by atoms with van der Waals surface area (Å²) in [5, 5.41) is 8.48. The second-order valence-electron chi connectivity index (χ2n) is 4.14. The average molecular weight is 329 g/mol. The summed E-state index contributed by atoms with van der Waals surface area (Å²) in [7, 11) is 1.93. The molecule has 0 amide bonds. The molecule has 0 aliphatic carbocycles. The number of benzene rings is 1. The zero-order chi connectivity index (χ0) is 13.0. The zero-order valence-corrected chi connectivity index (χ0v) is 12.5. The van der Waals surface area contributed by atoms with Crippen LogP contribution in [0.3, 0.4) is 0 Å². The standard InChI is InChI=1S/C13H15BrClN3/c1-18-7-5-12(17-18)4-6-16-9-10-2-3-11(15)8-13(10)14/h2-3,5,7-8,16H,4,6,9H2,1H3. The number of nitrogens with zero attached hydrogens (tertiary/aromatic N) is 2. The fourth-order valence-corrected chi connectivity index (χ4v) is 2.52. The molecule has 0 aliphatic heterocycles. The Hall–Kier alpha value is -0.840. The van der Waals surface area contributed by atoms with E-state index in [1.807, 2.05) is 42.2 Å². The van der Waals surface area contributed by atoms with Crippen molar-refractivity contribution in [1.29, 1.82) is 0 Å². The SMILES string of the molecule is Cn1ccc(CCNCc2ccc(Cl)cc2Br)n1. The van der Waals surface area contributed by atoms with Gasteiger partial charge in [-0.25, -0.2) is 0 Å². The fraction of sp³-hybridized carbons (Fsp3) is 0.308. The Morgan fingerprint density at radius 2 is 2.22 bits per heavy atom. The lowest BCUT2D eigenvalue weighted by atomic mass is 10.2. The first kappa shape index (κ1) is 13.6. The molecule has 3 nitrogen and oxygen atoms in total. The molecule has 0 fully saturated rings. The molecule has 0 saturated heterocycles. The maximum absolute atomic E-state index is 5.90. The van der Waals surface area contributed by atoms with Crippen LogP contribution in [0.2, 0.25) is 5.02 Å². The van der Waals surface area contributed by atoms with Crippen molar-refractivity contribution in [2.75, 3.05) is 6.54 Å². The van der Waals surface area contributed by atoms with Crippen LogP contribution in [0.1, 0.15) is 11.3 Å². The van der Waals surface area contributed by atoms with Crippen molar-refractivity contribution >= 4 is 27.5 Å². The lowest BCUT2D eigenvalue weighted by Gasteiger charge is -2.06. The van der Waals surface area contributed by atoms with Crippen molar-refractivity contribution in [2.24, 2.45) is 7.05 Å². The number of aryl methyl sites for hydroxylation is 1. The smallest absolute Gasteiger partial charge is 0.0637 e. The number of rotatable bonds is 5. The molecule has 0 spiro atoms. The zero-order valence-electron chi connectivity index (χ0n) is 10.2. The lowest BCUT2D eigenvalue weighted by Crippen LogP contribution is -2.17. The van der Waals surface area contributed by atoms with E-state index in [4.69, 9.17) is 11.6 Å². The quantitative estimate of drug-likeness (QED) is 0.854. The summed E-state index contributed by atoms with van der Waals surface area (Å²) in [6.07, 6.45) is 2.90. The van der Waals surface area contributed by atoms with E-state index in [1.54, 1.807) is 0 Å².